The smallest absolute Gasteiger partial charge is 0.418 e. The van der Waals surface area contributed by atoms with Crippen LogP contribution in [0.3, 0.4) is 0 Å². The van der Waals surface area contributed by atoms with E-state index in [9.17, 15) is 23.6 Å². The Hall–Kier alpha value is -3.66. The number of aryl methyl sites for hydroxylation is 1. The molecule has 5 rings (SSSR count). The van der Waals surface area contributed by atoms with Gasteiger partial charge in [-0.15, -0.1) is 0 Å². The number of benzene rings is 2. The van der Waals surface area contributed by atoms with Crippen molar-refractivity contribution in [2.45, 2.75) is 50.8 Å². The summed E-state index contributed by atoms with van der Waals surface area (Å²) in [7, 11) is 1.51. The predicted octanol–water partition coefficient (Wildman–Crippen LogP) is 4.18. The van der Waals surface area contributed by atoms with Crippen molar-refractivity contribution in [2.75, 3.05) is 18.9 Å². The number of ether oxygens (including phenoxy) is 1. The maximum Gasteiger partial charge on any atom is 0.418 e. The molecule has 2 aromatic carbocycles. The predicted molar refractivity (Wildman–Crippen MR) is 137 cm³/mol. The lowest BCUT2D eigenvalue weighted by atomic mass is 9.94. The van der Waals surface area contributed by atoms with Crippen LogP contribution < -0.4 is 10.6 Å². The molecule has 0 bridgehead atoms. The molecule has 1 saturated carbocycles. The Balaban J connectivity index is 1.35. The van der Waals surface area contributed by atoms with Crippen molar-refractivity contribution in [3.63, 3.8) is 0 Å². The molecule has 0 radical (unpaired) electrons. The molecule has 9 nitrogen and oxygen atoms in total. The van der Waals surface area contributed by atoms with Gasteiger partial charge >= 0.3 is 12.1 Å². The summed E-state index contributed by atoms with van der Waals surface area (Å²) >= 11 is 5.94. The quantitative estimate of drug-likeness (QED) is 0.546. The van der Waals surface area contributed by atoms with Gasteiger partial charge < -0.3 is 20.3 Å². The number of anilines is 1. The van der Waals surface area contributed by atoms with Gasteiger partial charge in [0.05, 0.1) is 5.02 Å². The fraction of sp³-hybridized carbons (Fsp3) is 0.407. The molecule has 1 spiro atoms. The van der Waals surface area contributed by atoms with Crippen molar-refractivity contribution in [2.24, 2.45) is 5.92 Å². The van der Waals surface area contributed by atoms with Crippen molar-refractivity contribution >= 4 is 41.2 Å². The summed E-state index contributed by atoms with van der Waals surface area (Å²) in [4.78, 5) is 54.2. The SMILES string of the molecule is CNC(=O)Nc1ccc2c(c1)CC[C@@]21OC(=O)N(CC(=O)N(Cc2ccc(F)c(Cl)c2)[C@@H](C)C2CC2)C1=O. The number of nitrogens with one attached hydrogen (secondary N) is 2. The molecule has 0 unspecified atom stereocenters. The molecular weight excluding hydrogens is 515 g/mol. The average Bonchev–Trinajstić information content (AvgIpc) is 3.65. The van der Waals surface area contributed by atoms with E-state index >= 15 is 0 Å². The zero-order valence-electron chi connectivity index (χ0n) is 21.1. The zero-order chi connectivity index (χ0) is 27.2. The zero-order valence-corrected chi connectivity index (χ0v) is 21.8. The van der Waals surface area contributed by atoms with E-state index in [1.807, 2.05) is 6.92 Å². The van der Waals surface area contributed by atoms with E-state index in [0.29, 0.717) is 29.2 Å². The largest absolute Gasteiger partial charge is 0.427 e. The van der Waals surface area contributed by atoms with E-state index < -0.39 is 35.9 Å². The van der Waals surface area contributed by atoms with Gasteiger partial charge in [-0.2, -0.15) is 0 Å². The Kier molecular flexibility index (Phi) is 6.77. The average molecular weight is 543 g/mol. The normalized spacial score (nSPS) is 20.8. The van der Waals surface area contributed by atoms with Gasteiger partial charge in [-0.3, -0.25) is 9.59 Å². The summed E-state index contributed by atoms with van der Waals surface area (Å²) in [5.74, 6) is -1.21. The van der Waals surface area contributed by atoms with Gasteiger partial charge in [-0.25, -0.2) is 18.9 Å². The highest BCUT2D eigenvalue weighted by Crippen LogP contribution is 2.46. The van der Waals surface area contributed by atoms with E-state index in [-0.39, 0.29) is 30.1 Å². The molecule has 1 heterocycles. The number of carbonyl (C=O) groups excluding carboxylic acids is 4. The van der Waals surface area contributed by atoms with Gasteiger partial charge in [0.1, 0.15) is 12.4 Å². The maximum absolute atomic E-state index is 13.7. The molecule has 2 aliphatic carbocycles. The topological polar surface area (TPSA) is 108 Å². The third-order valence-corrected chi connectivity index (χ3v) is 7.88. The number of halogens is 2. The van der Waals surface area contributed by atoms with E-state index in [4.69, 9.17) is 16.3 Å². The number of imide groups is 1. The number of urea groups is 1. The molecular formula is C27H28ClFN4O5. The van der Waals surface area contributed by atoms with Crippen LogP contribution in [0.4, 0.5) is 19.7 Å². The molecule has 38 heavy (non-hydrogen) atoms. The van der Waals surface area contributed by atoms with Gasteiger partial charge in [-0.05, 0) is 67.5 Å². The summed E-state index contributed by atoms with van der Waals surface area (Å²) in [6.45, 7) is 1.64. The lowest BCUT2D eigenvalue weighted by Gasteiger charge is -2.31. The highest BCUT2D eigenvalue weighted by atomic mass is 35.5. The van der Waals surface area contributed by atoms with E-state index in [1.54, 1.807) is 29.2 Å². The molecule has 0 aromatic heterocycles. The standard InChI is InChI=1S/C27H28ClFN4O5/c1-15(17-4-5-17)32(13-16-3-8-22(29)21(28)11-16)23(34)14-33-24(35)27(38-26(33)37)10-9-18-12-19(6-7-20(18)27)31-25(36)30-2/h3,6-8,11-12,15,17H,4-5,9-10,13-14H2,1-2H3,(H2,30,31,36)/t15-,27+/m0/s1. The number of fused-ring (bicyclic) bond motifs is 2. The number of rotatable bonds is 7. The molecule has 2 aromatic rings. The molecule has 200 valence electrons. The minimum atomic E-state index is -1.49. The van der Waals surface area contributed by atoms with Crippen LogP contribution in [0.2, 0.25) is 5.02 Å². The first-order valence-electron chi connectivity index (χ1n) is 12.5. The first kappa shape index (κ1) is 26.0. The number of amides is 5. The molecule has 2 N–H and O–H groups in total. The Labute approximate surface area is 224 Å². The summed E-state index contributed by atoms with van der Waals surface area (Å²) in [5, 5.41) is 5.12. The number of carbonyl (C=O) groups is 4. The number of nitrogens with zero attached hydrogens (tertiary/aromatic N) is 2. The second-order valence-corrected chi connectivity index (χ2v) is 10.4. The monoisotopic (exact) mass is 542 g/mol. The fourth-order valence-electron chi connectivity index (χ4n) is 5.28. The summed E-state index contributed by atoms with van der Waals surface area (Å²) in [6, 6.07) is 8.85. The second kappa shape index (κ2) is 9.90. The van der Waals surface area contributed by atoms with Crippen molar-refractivity contribution in [3.05, 3.63) is 63.9 Å². The van der Waals surface area contributed by atoms with Crippen molar-refractivity contribution in [1.29, 1.82) is 0 Å². The van der Waals surface area contributed by atoms with E-state index in [0.717, 1.165) is 23.3 Å². The first-order chi connectivity index (χ1) is 18.1. The summed E-state index contributed by atoms with van der Waals surface area (Å²) < 4.78 is 19.3. The number of hydrogen-bond acceptors (Lipinski definition) is 5. The Bertz CT molecular complexity index is 1330. The third-order valence-electron chi connectivity index (χ3n) is 7.59. The van der Waals surface area contributed by atoms with Crippen LogP contribution in [0.25, 0.3) is 0 Å². The van der Waals surface area contributed by atoms with Crippen LogP contribution in [0, 0.1) is 11.7 Å². The van der Waals surface area contributed by atoms with Crippen LogP contribution >= 0.6 is 11.6 Å². The molecule has 3 aliphatic rings. The minimum Gasteiger partial charge on any atom is -0.427 e. The van der Waals surface area contributed by atoms with Gasteiger partial charge in [0.25, 0.3) is 5.91 Å². The van der Waals surface area contributed by atoms with Crippen molar-refractivity contribution < 1.29 is 28.3 Å². The van der Waals surface area contributed by atoms with Gasteiger partial charge in [0, 0.05) is 37.3 Å². The van der Waals surface area contributed by atoms with Gasteiger partial charge in [0.15, 0.2) is 0 Å². The minimum absolute atomic E-state index is 0.0391. The fourth-order valence-corrected chi connectivity index (χ4v) is 5.48. The molecule has 1 aliphatic heterocycles. The lowest BCUT2D eigenvalue weighted by Crippen LogP contribution is -2.47. The van der Waals surface area contributed by atoms with Crippen LogP contribution in [0.1, 0.15) is 42.9 Å². The lowest BCUT2D eigenvalue weighted by molar-refractivity contribution is -0.143. The van der Waals surface area contributed by atoms with E-state index in [1.165, 1.54) is 19.2 Å². The Morgan fingerprint density at radius 1 is 1.24 bits per heavy atom. The summed E-state index contributed by atoms with van der Waals surface area (Å²) in [5.41, 5.74) is 1.04. The highest BCUT2D eigenvalue weighted by molar-refractivity contribution is 6.30. The number of hydrogen-bond donors (Lipinski definition) is 2. The molecule has 1 saturated heterocycles. The maximum atomic E-state index is 13.7. The van der Waals surface area contributed by atoms with Gasteiger partial charge in [-0.1, -0.05) is 23.7 Å². The molecule has 2 atom stereocenters. The van der Waals surface area contributed by atoms with Gasteiger partial charge in [0.2, 0.25) is 11.5 Å². The molecule has 5 amide bonds. The second-order valence-electron chi connectivity index (χ2n) is 10.0. The highest BCUT2D eigenvalue weighted by Gasteiger charge is 2.58. The van der Waals surface area contributed by atoms with E-state index in [2.05, 4.69) is 10.6 Å². The van der Waals surface area contributed by atoms with Crippen LogP contribution in [-0.4, -0.2) is 53.4 Å². The van der Waals surface area contributed by atoms with Crippen LogP contribution in [0.15, 0.2) is 36.4 Å². The van der Waals surface area contributed by atoms with Crippen molar-refractivity contribution in [3.8, 4) is 0 Å². The summed E-state index contributed by atoms with van der Waals surface area (Å²) in [6.07, 6.45) is 1.81. The first-order valence-corrected chi connectivity index (χ1v) is 12.9. The molecule has 11 heteroatoms. The van der Waals surface area contributed by atoms with Crippen LogP contribution in [0.5, 0.6) is 0 Å². The van der Waals surface area contributed by atoms with Crippen LogP contribution in [-0.2, 0) is 32.9 Å². The molecule has 2 fully saturated rings. The van der Waals surface area contributed by atoms with Crippen molar-refractivity contribution in [1.82, 2.24) is 15.1 Å². The Morgan fingerprint density at radius 3 is 2.68 bits per heavy atom. The Morgan fingerprint density at radius 2 is 2.00 bits per heavy atom. The third kappa shape index (κ3) is 4.69.